The predicted octanol–water partition coefficient (Wildman–Crippen LogP) is 1.60. The molecule has 0 aromatic carbocycles. The first-order chi connectivity index (χ1) is 3.77. The summed E-state index contributed by atoms with van der Waals surface area (Å²) < 4.78 is 5.18. The van der Waals surface area contributed by atoms with Crippen molar-refractivity contribution in [3.05, 3.63) is 12.7 Å². The van der Waals surface area contributed by atoms with Gasteiger partial charge in [0.05, 0.1) is 6.61 Å². The summed E-state index contributed by atoms with van der Waals surface area (Å²) in [5.41, 5.74) is 0.278. The zero-order valence-electron chi connectivity index (χ0n) is 5.31. The minimum atomic E-state index is 0.278. The first-order valence-electron chi connectivity index (χ1n) is 2.98. The van der Waals surface area contributed by atoms with E-state index in [4.69, 9.17) is 4.74 Å². The average Bonchev–Trinajstić information content (AvgIpc) is 2.17. The molecule has 0 radical (unpaired) electrons. The highest BCUT2D eigenvalue weighted by atomic mass is 16.5. The van der Waals surface area contributed by atoms with Gasteiger partial charge in [-0.3, -0.25) is 0 Å². The van der Waals surface area contributed by atoms with Crippen molar-refractivity contribution in [2.75, 3.05) is 13.2 Å². The molecule has 0 spiro atoms. The minimum Gasteiger partial charge on any atom is -0.381 e. The van der Waals surface area contributed by atoms with Crippen LogP contribution in [0.3, 0.4) is 0 Å². The van der Waals surface area contributed by atoms with Crippen LogP contribution in [0.5, 0.6) is 0 Å². The van der Waals surface area contributed by atoms with Gasteiger partial charge in [-0.25, -0.2) is 0 Å². The Hall–Kier alpha value is -0.300. The summed E-state index contributed by atoms with van der Waals surface area (Å²) in [4.78, 5) is 0. The predicted molar refractivity (Wildman–Crippen MR) is 33.7 cm³/mol. The van der Waals surface area contributed by atoms with Gasteiger partial charge in [-0.05, 0) is 6.42 Å². The second-order valence-corrected chi connectivity index (χ2v) is 2.66. The Balaban J connectivity index is 2.52. The molecule has 1 aliphatic rings. The average molecular weight is 112 g/mol. The van der Waals surface area contributed by atoms with Crippen molar-refractivity contribution in [2.45, 2.75) is 13.3 Å². The van der Waals surface area contributed by atoms with Crippen LogP contribution in [-0.4, -0.2) is 13.2 Å². The van der Waals surface area contributed by atoms with E-state index in [-0.39, 0.29) is 5.41 Å². The second-order valence-electron chi connectivity index (χ2n) is 2.66. The lowest BCUT2D eigenvalue weighted by Gasteiger charge is -2.13. The third-order valence-electron chi connectivity index (χ3n) is 1.74. The summed E-state index contributed by atoms with van der Waals surface area (Å²) in [7, 11) is 0. The van der Waals surface area contributed by atoms with Crippen molar-refractivity contribution in [3.8, 4) is 0 Å². The van der Waals surface area contributed by atoms with Crippen LogP contribution in [-0.2, 0) is 4.74 Å². The van der Waals surface area contributed by atoms with E-state index in [1.807, 2.05) is 6.08 Å². The fourth-order valence-corrected chi connectivity index (χ4v) is 0.844. The Morgan fingerprint density at radius 1 is 1.75 bits per heavy atom. The molecule has 1 fully saturated rings. The molecule has 1 heteroatoms. The zero-order chi connectivity index (χ0) is 6.04. The lowest BCUT2D eigenvalue weighted by Crippen LogP contribution is -2.10. The maximum Gasteiger partial charge on any atom is 0.0555 e. The maximum absolute atomic E-state index is 5.18. The first-order valence-corrected chi connectivity index (χ1v) is 2.98. The van der Waals surface area contributed by atoms with Crippen LogP contribution in [0.4, 0.5) is 0 Å². The van der Waals surface area contributed by atoms with Crippen LogP contribution in [0.25, 0.3) is 0 Å². The summed E-state index contributed by atoms with van der Waals surface area (Å²) in [6.45, 7) is 7.67. The van der Waals surface area contributed by atoms with Gasteiger partial charge in [0.15, 0.2) is 0 Å². The van der Waals surface area contributed by atoms with Crippen LogP contribution in [0.1, 0.15) is 13.3 Å². The van der Waals surface area contributed by atoms with Crippen molar-refractivity contribution >= 4 is 0 Å². The van der Waals surface area contributed by atoms with Gasteiger partial charge in [0.25, 0.3) is 0 Å². The number of hydrogen-bond acceptors (Lipinski definition) is 1. The smallest absolute Gasteiger partial charge is 0.0555 e. The van der Waals surface area contributed by atoms with Crippen LogP contribution in [0.2, 0.25) is 0 Å². The molecule has 0 aromatic heterocycles. The van der Waals surface area contributed by atoms with Gasteiger partial charge in [-0.1, -0.05) is 13.0 Å². The summed E-state index contributed by atoms with van der Waals surface area (Å²) in [5, 5.41) is 0. The third-order valence-corrected chi connectivity index (χ3v) is 1.74. The summed E-state index contributed by atoms with van der Waals surface area (Å²) in [5.74, 6) is 0. The molecule has 0 aliphatic carbocycles. The van der Waals surface area contributed by atoms with Gasteiger partial charge >= 0.3 is 0 Å². The topological polar surface area (TPSA) is 9.23 Å². The largest absolute Gasteiger partial charge is 0.381 e. The van der Waals surface area contributed by atoms with E-state index in [0.29, 0.717) is 0 Å². The van der Waals surface area contributed by atoms with Crippen molar-refractivity contribution in [3.63, 3.8) is 0 Å². The van der Waals surface area contributed by atoms with E-state index in [2.05, 4.69) is 13.5 Å². The number of ether oxygens (including phenoxy) is 1. The van der Waals surface area contributed by atoms with Gasteiger partial charge in [-0.2, -0.15) is 0 Å². The molecule has 1 aliphatic heterocycles. The number of rotatable bonds is 1. The highest BCUT2D eigenvalue weighted by Crippen LogP contribution is 2.27. The summed E-state index contributed by atoms with van der Waals surface area (Å²) >= 11 is 0. The maximum atomic E-state index is 5.18. The molecule has 1 heterocycles. The van der Waals surface area contributed by atoms with Crippen molar-refractivity contribution < 1.29 is 4.74 Å². The molecule has 1 nitrogen and oxygen atoms in total. The van der Waals surface area contributed by atoms with Crippen molar-refractivity contribution in [1.82, 2.24) is 0 Å². The standard InChI is InChI=1S/C7H12O/c1-3-7(2)4-5-8-6-7/h3H,1,4-6H2,2H3. The molecular formula is C7H12O. The molecule has 0 amide bonds. The Morgan fingerprint density at radius 3 is 2.75 bits per heavy atom. The van der Waals surface area contributed by atoms with Crippen LogP contribution >= 0.6 is 0 Å². The molecule has 0 aromatic rings. The van der Waals surface area contributed by atoms with Gasteiger partial charge in [0, 0.05) is 12.0 Å². The van der Waals surface area contributed by atoms with Gasteiger partial charge in [0.1, 0.15) is 0 Å². The molecule has 0 bridgehead atoms. The normalized spacial score (nSPS) is 37.6. The van der Waals surface area contributed by atoms with E-state index >= 15 is 0 Å². The first kappa shape index (κ1) is 5.83. The van der Waals surface area contributed by atoms with E-state index in [1.54, 1.807) is 0 Å². The summed E-state index contributed by atoms with van der Waals surface area (Å²) in [6.07, 6.45) is 3.12. The van der Waals surface area contributed by atoms with Crippen LogP contribution in [0, 0.1) is 5.41 Å². The van der Waals surface area contributed by atoms with E-state index in [0.717, 1.165) is 19.6 Å². The molecule has 1 rings (SSSR count). The van der Waals surface area contributed by atoms with Crippen molar-refractivity contribution in [2.24, 2.45) is 5.41 Å². The highest BCUT2D eigenvalue weighted by Gasteiger charge is 2.25. The van der Waals surface area contributed by atoms with E-state index in [1.165, 1.54) is 0 Å². The summed E-state index contributed by atoms with van der Waals surface area (Å²) in [6, 6.07) is 0. The Labute approximate surface area is 50.3 Å². The fraction of sp³-hybridized carbons (Fsp3) is 0.714. The highest BCUT2D eigenvalue weighted by molar-refractivity contribution is 4.93. The molecule has 8 heavy (non-hydrogen) atoms. The van der Waals surface area contributed by atoms with E-state index < -0.39 is 0 Å². The molecule has 46 valence electrons. The second kappa shape index (κ2) is 1.90. The van der Waals surface area contributed by atoms with E-state index in [9.17, 15) is 0 Å². The number of hydrogen-bond donors (Lipinski definition) is 0. The molecule has 0 N–H and O–H groups in total. The van der Waals surface area contributed by atoms with Crippen LogP contribution < -0.4 is 0 Å². The minimum absolute atomic E-state index is 0.278. The van der Waals surface area contributed by atoms with Gasteiger partial charge in [-0.15, -0.1) is 6.58 Å². The molecule has 0 saturated carbocycles. The molecular weight excluding hydrogens is 100 g/mol. The Bertz CT molecular complexity index is 90.6. The lowest BCUT2D eigenvalue weighted by molar-refractivity contribution is 0.175. The lowest BCUT2D eigenvalue weighted by atomic mass is 9.91. The fourth-order valence-electron chi connectivity index (χ4n) is 0.844. The van der Waals surface area contributed by atoms with Crippen molar-refractivity contribution in [1.29, 1.82) is 0 Å². The SMILES string of the molecule is C=CC1(C)CCOC1. The van der Waals surface area contributed by atoms with Crippen LogP contribution in [0.15, 0.2) is 12.7 Å². The molecule has 1 atom stereocenters. The Morgan fingerprint density at radius 2 is 2.50 bits per heavy atom. The third kappa shape index (κ3) is 0.920. The quantitative estimate of drug-likeness (QED) is 0.468. The van der Waals surface area contributed by atoms with Gasteiger partial charge in [0.2, 0.25) is 0 Å². The Kier molecular flexibility index (Phi) is 1.39. The molecule has 1 saturated heterocycles. The molecule has 1 unspecified atom stereocenters. The van der Waals surface area contributed by atoms with Gasteiger partial charge < -0.3 is 4.74 Å². The monoisotopic (exact) mass is 112 g/mol. The zero-order valence-corrected chi connectivity index (χ0v) is 5.31.